The van der Waals surface area contributed by atoms with Crippen LogP contribution >= 0.6 is 0 Å². The van der Waals surface area contributed by atoms with Crippen molar-refractivity contribution in [3.8, 4) is 11.5 Å². The number of benzene rings is 4. The molecule has 2 nitrogen and oxygen atoms in total. The van der Waals surface area contributed by atoms with E-state index in [1.165, 1.54) is 50.1 Å². The zero-order valence-electron chi connectivity index (χ0n) is 17.4. The summed E-state index contributed by atoms with van der Waals surface area (Å²) in [6.07, 6.45) is 0. The molecule has 0 spiro atoms. The maximum Gasteiger partial charge on any atom is 0.256 e. The quantitative estimate of drug-likeness (QED) is 0.368. The molecule has 0 N–H and O–H groups in total. The Kier molecular flexibility index (Phi) is 3.64. The molecule has 30 heavy (non-hydrogen) atoms. The summed E-state index contributed by atoms with van der Waals surface area (Å²) >= 11 is 0. The zero-order chi connectivity index (χ0) is 20.4. The maximum atomic E-state index is 6.48. The van der Waals surface area contributed by atoms with Crippen molar-refractivity contribution in [2.24, 2.45) is 0 Å². The predicted molar refractivity (Wildman–Crippen MR) is 127 cm³/mol. The zero-order valence-corrected chi connectivity index (χ0v) is 17.4. The van der Waals surface area contributed by atoms with E-state index in [1.54, 1.807) is 0 Å². The van der Waals surface area contributed by atoms with Crippen LogP contribution in [0.4, 0.5) is 17.1 Å². The van der Waals surface area contributed by atoms with Gasteiger partial charge in [0.15, 0.2) is 0 Å². The van der Waals surface area contributed by atoms with Gasteiger partial charge in [-0.1, -0.05) is 48.0 Å². The minimum atomic E-state index is 0.177. The average Bonchev–Trinajstić information content (AvgIpc) is 2.73. The van der Waals surface area contributed by atoms with Gasteiger partial charge in [0.25, 0.3) is 6.71 Å². The monoisotopic (exact) mass is 387 g/mol. The second kappa shape index (κ2) is 6.27. The lowest BCUT2D eigenvalue weighted by molar-refractivity contribution is 0.487. The van der Waals surface area contributed by atoms with Gasteiger partial charge in [0.2, 0.25) is 0 Å². The predicted octanol–water partition coefficient (Wildman–Crippen LogP) is 5.02. The Balaban J connectivity index is 1.71. The van der Waals surface area contributed by atoms with Crippen LogP contribution in [0.2, 0.25) is 0 Å². The molecule has 2 aliphatic rings. The molecule has 0 aromatic heterocycles. The third-order valence-electron chi connectivity index (χ3n) is 6.33. The summed E-state index contributed by atoms with van der Waals surface area (Å²) in [7, 11) is 0. The highest BCUT2D eigenvalue weighted by atomic mass is 16.5. The number of anilines is 3. The van der Waals surface area contributed by atoms with Crippen molar-refractivity contribution in [3.63, 3.8) is 0 Å². The molecule has 0 amide bonds. The first-order valence-electron chi connectivity index (χ1n) is 10.5. The van der Waals surface area contributed by atoms with Gasteiger partial charge in [0.1, 0.15) is 11.5 Å². The summed E-state index contributed by atoms with van der Waals surface area (Å²) in [5.41, 5.74) is 11.3. The fraction of sp³-hybridized carbons (Fsp3) is 0.111. The fourth-order valence-electron chi connectivity index (χ4n) is 5.15. The second-order valence-electron chi connectivity index (χ2n) is 8.45. The lowest BCUT2D eigenvalue weighted by Gasteiger charge is -2.40. The molecule has 0 saturated heterocycles. The molecule has 6 rings (SSSR count). The van der Waals surface area contributed by atoms with E-state index in [0.717, 1.165) is 11.5 Å². The molecule has 4 aromatic carbocycles. The van der Waals surface area contributed by atoms with Gasteiger partial charge in [-0.05, 0) is 84.7 Å². The lowest BCUT2D eigenvalue weighted by atomic mass is 9.33. The Morgan fingerprint density at radius 2 is 1.50 bits per heavy atom. The van der Waals surface area contributed by atoms with Crippen molar-refractivity contribution < 1.29 is 4.74 Å². The first kappa shape index (κ1) is 17.4. The molecule has 0 atom stereocenters. The average molecular weight is 387 g/mol. The van der Waals surface area contributed by atoms with Gasteiger partial charge < -0.3 is 9.64 Å². The van der Waals surface area contributed by atoms with Gasteiger partial charge in [0.05, 0.1) is 0 Å². The van der Waals surface area contributed by atoms with Crippen LogP contribution in [-0.4, -0.2) is 6.71 Å². The highest BCUT2D eigenvalue weighted by Crippen LogP contribution is 2.40. The molecule has 0 saturated carbocycles. The number of para-hydroxylation sites is 1. The smallest absolute Gasteiger partial charge is 0.256 e. The normalized spacial score (nSPS) is 13.3. The van der Waals surface area contributed by atoms with Gasteiger partial charge in [-0.3, -0.25) is 0 Å². The summed E-state index contributed by atoms with van der Waals surface area (Å²) in [5.74, 6) is 1.95. The van der Waals surface area contributed by atoms with E-state index in [0.29, 0.717) is 0 Å². The van der Waals surface area contributed by atoms with Gasteiger partial charge in [-0.2, -0.15) is 0 Å². The Morgan fingerprint density at radius 3 is 2.33 bits per heavy atom. The largest absolute Gasteiger partial charge is 0.458 e. The molecule has 144 valence electrons. The van der Waals surface area contributed by atoms with Crippen LogP contribution in [0, 0.1) is 20.8 Å². The number of nitrogens with zero attached hydrogens (tertiary/aromatic N) is 1. The number of fused-ring (bicyclic) bond motifs is 4. The third kappa shape index (κ3) is 2.38. The standard InChI is InChI=1S/C27H22BNO/c1-17-12-13-21-23(15-17)29(20-8-5-4-6-9-20)22-10-7-11-24-27(22)28(21)26-19(3)14-18(2)16-25(26)30-24/h4-16H,1-3H3. The van der Waals surface area contributed by atoms with Crippen molar-refractivity contribution in [2.45, 2.75) is 20.8 Å². The Morgan fingerprint density at radius 1 is 0.667 bits per heavy atom. The fourth-order valence-corrected chi connectivity index (χ4v) is 5.15. The van der Waals surface area contributed by atoms with Crippen LogP contribution in [0.1, 0.15) is 16.7 Å². The van der Waals surface area contributed by atoms with E-state index < -0.39 is 0 Å². The molecule has 0 fully saturated rings. The lowest BCUT2D eigenvalue weighted by Crippen LogP contribution is -2.60. The van der Waals surface area contributed by atoms with Crippen molar-refractivity contribution in [1.29, 1.82) is 0 Å². The van der Waals surface area contributed by atoms with Crippen LogP contribution in [0.25, 0.3) is 0 Å². The van der Waals surface area contributed by atoms with E-state index in [2.05, 4.69) is 105 Å². The maximum absolute atomic E-state index is 6.48. The molecule has 4 aromatic rings. The number of rotatable bonds is 1. The van der Waals surface area contributed by atoms with Gasteiger partial charge in [-0.25, -0.2) is 0 Å². The van der Waals surface area contributed by atoms with Gasteiger partial charge >= 0.3 is 0 Å². The Hall–Kier alpha value is -3.46. The number of ether oxygens (including phenoxy) is 1. The first-order chi connectivity index (χ1) is 14.6. The van der Waals surface area contributed by atoms with Crippen LogP contribution in [0.5, 0.6) is 11.5 Å². The highest BCUT2D eigenvalue weighted by molar-refractivity contribution is 6.99. The van der Waals surface area contributed by atoms with E-state index in [9.17, 15) is 0 Å². The molecular formula is C27H22BNO. The third-order valence-corrected chi connectivity index (χ3v) is 6.33. The molecule has 0 radical (unpaired) electrons. The van der Waals surface area contributed by atoms with Crippen LogP contribution in [0.15, 0.2) is 78.9 Å². The molecular weight excluding hydrogens is 365 g/mol. The van der Waals surface area contributed by atoms with Crippen molar-refractivity contribution in [1.82, 2.24) is 0 Å². The van der Waals surface area contributed by atoms with Crippen LogP contribution in [0.3, 0.4) is 0 Å². The number of aryl methyl sites for hydroxylation is 3. The molecule has 3 heteroatoms. The molecule has 0 aliphatic carbocycles. The molecule has 0 unspecified atom stereocenters. The van der Waals surface area contributed by atoms with Crippen molar-refractivity contribution in [2.75, 3.05) is 4.90 Å². The first-order valence-corrected chi connectivity index (χ1v) is 10.5. The highest BCUT2D eigenvalue weighted by Gasteiger charge is 2.42. The summed E-state index contributed by atoms with van der Waals surface area (Å²) in [6.45, 7) is 6.69. The SMILES string of the molecule is Cc1cc(C)c2c(c1)Oc1cccc3c1B2c1ccc(C)cc1N3c1ccccc1. The van der Waals surface area contributed by atoms with E-state index in [1.807, 2.05) is 0 Å². The Labute approximate surface area is 177 Å². The van der Waals surface area contributed by atoms with E-state index >= 15 is 0 Å². The van der Waals surface area contributed by atoms with Gasteiger partial charge in [-0.15, -0.1) is 0 Å². The summed E-state index contributed by atoms with van der Waals surface area (Å²) in [4.78, 5) is 2.38. The summed E-state index contributed by atoms with van der Waals surface area (Å²) in [6, 6.07) is 28.4. The topological polar surface area (TPSA) is 12.5 Å². The second-order valence-corrected chi connectivity index (χ2v) is 8.45. The minimum Gasteiger partial charge on any atom is -0.458 e. The minimum absolute atomic E-state index is 0.177. The summed E-state index contributed by atoms with van der Waals surface area (Å²) in [5, 5.41) is 0. The van der Waals surface area contributed by atoms with Gasteiger partial charge in [0, 0.05) is 17.1 Å². The van der Waals surface area contributed by atoms with E-state index in [-0.39, 0.29) is 6.71 Å². The number of hydrogen-bond acceptors (Lipinski definition) is 2. The molecule has 2 heterocycles. The van der Waals surface area contributed by atoms with Crippen molar-refractivity contribution in [3.05, 3.63) is 95.6 Å². The molecule has 0 bridgehead atoms. The summed E-state index contributed by atoms with van der Waals surface area (Å²) < 4.78 is 6.48. The molecule has 2 aliphatic heterocycles. The number of hydrogen-bond donors (Lipinski definition) is 0. The van der Waals surface area contributed by atoms with Crippen LogP contribution in [-0.2, 0) is 0 Å². The Bertz CT molecular complexity index is 1310. The van der Waals surface area contributed by atoms with Crippen molar-refractivity contribution >= 4 is 40.2 Å². The van der Waals surface area contributed by atoms with E-state index in [4.69, 9.17) is 4.74 Å². The van der Waals surface area contributed by atoms with Crippen LogP contribution < -0.4 is 26.0 Å².